The molecule has 0 unspecified atom stereocenters. The van der Waals surface area contributed by atoms with Gasteiger partial charge in [0.05, 0.1) is 7.11 Å². The maximum absolute atomic E-state index is 13.3. The number of Topliss-reactive ketones (excluding diaryl/α,β-unsaturated/α-hetero) is 1. The number of ketones is 1. The van der Waals surface area contributed by atoms with Crippen molar-refractivity contribution in [2.75, 3.05) is 25.1 Å². The SMILES string of the molecule is COc1cc(C(=O)Cn2nc3c(C)cc(N4CCCC4)nn3c2=N)cc(S(F)(F)(F)(F)F)c1. The van der Waals surface area contributed by atoms with Crippen molar-refractivity contribution in [2.45, 2.75) is 31.2 Å². The van der Waals surface area contributed by atoms with Crippen LogP contribution in [0.5, 0.6) is 5.75 Å². The summed E-state index contributed by atoms with van der Waals surface area (Å²) >= 11 is 0. The number of carbonyl (C=O) groups is 1. The molecule has 0 saturated carbocycles. The first kappa shape index (κ1) is 23.0. The van der Waals surface area contributed by atoms with Crippen LogP contribution in [0.2, 0.25) is 0 Å². The molecular formula is C19H21F5N6O2S. The fourth-order valence-corrected chi connectivity index (χ4v) is 4.34. The zero-order valence-electron chi connectivity index (χ0n) is 17.7. The maximum Gasteiger partial charge on any atom is 0.310 e. The molecule has 1 aromatic carbocycles. The first-order valence-electron chi connectivity index (χ1n) is 9.90. The standard InChI is InChI=1S/C19H21F5N6O2S/c1-12-7-17(28-5-3-4-6-28)26-30-18(12)27-29(19(30)25)11-16(31)13-8-14(32-2)10-15(9-13)33(20,21,22,23)24/h7-10,25H,3-6,11H2,1-2H3. The third kappa shape index (κ3) is 4.51. The van der Waals surface area contributed by atoms with Crippen molar-refractivity contribution in [3.05, 3.63) is 41.0 Å². The number of benzene rings is 1. The van der Waals surface area contributed by atoms with Crippen LogP contribution >= 0.6 is 10.2 Å². The summed E-state index contributed by atoms with van der Waals surface area (Å²) in [5, 5.41) is 16.9. The lowest BCUT2D eigenvalue weighted by atomic mass is 10.1. The maximum atomic E-state index is 13.3. The summed E-state index contributed by atoms with van der Waals surface area (Å²) in [7, 11) is -9.04. The Kier molecular flexibility index (Phi) is 4.82. The second-order valence-corrected chi connectivity index (χ2v) is 10.3. The average molecular weight is 492 g/mol. The van der Waals surface area contributed by atoms with Gasteiger partial charge in [-0.2, -0.15) is 4.52 Å². The number of aryl methyl sites for hydroxylation is 1. The van der Waals surface area contributed by atoms with Gasteiger partial charge in [-0.1, -0.05) is 19.4 Å². The Morgan fingerprint density at radius 1 is 1.09 bits per heavy atom. The van der Waals surface area contributed by atoms with Crippen molar-refractivity contribution in [3.63, 3.8) is 0 Å². The van der Waals surface area contributed by atoms with E-state index in [1.54, 1.807) is 6.92 Å². The van der Waals surface area contributed by atoms with Crippen LogP contribution in [-0.2, 0) is 6.54 Å². The lowest BCUT2D eigenvalue weighted by molar-refractivity contribution is 0.0965. The summed E-state index contributed by atoms with van der Waals surface area (Å²) in [6.45, 7) is 2.76. The van der Waals surface area contributed by atoms with Crippen LogP contribution < -0.4 is 15.3 Å². The quantitative estimate of drug-likeness (QED) is 0.405. The summed E-state index contributed by atoms with van der Waals surface area (Å²) in [6.07, 6.45) is 2.04. The lowest BCUT2D eigenvalue weighted by Gasteiger charge is -2.40. The molecule has 0 atom stereocenters. The summed E-state index contributed by atoms with van der Waals surface area (Å²) in [5.41, 5.74) is 0.0765. The Bertz CT molecular complexity index is 1330. The zero-order chi connectivity index (χ0) is 24.2. The molecule has 3 aromatic rings. The molecule has 1 aliphatic rings. The monoisotopic (exact) mass is 492 g/mol. The minimum Gasteiger partial charge on any atom is -0.497 e. The molecule has 14 heteroatoms. The van der Waals surface area contributed by atoms with Gasteiger partial charge in [-0.15, -0.1) is 10.2 Å². The molecule has 2 aromatic heterocycles. The van der Waals surface area contributed by atoms with Gasteiger partial charge >= 0.3 is 10.2 Å². The lowest BCUT2D eigenvalue weighted by Crippen LogP contribution is -2.27. The highest BCUT2D eigenvalue weighted by atomic mass is 32.5. The van der Waals surface area contributed by atoms with Crippen LogP contribution in [0.25, 0.3) is 5.65 Å². The highest BCUT2D eigenvalue weighted by molar-refractivity contribution is 8.45. The molecule has 4 rings (SSSR count). The molecule has 3 heterocycles. The van der Waals surface area contributed by atoms with Crippen LogP contribution in [0.4, 0.5) is 25.2 Å². The van der Waals surface area contributed by atoms with E-state index in [9.17, 15) is 24.2 Å². The summed E-state index contributed by atoms with van der Waals surface area (Å²) in [6, 6.07) is 2.99. The summed E-state index contributed by atoms with van der Waals surface area (Å²) in [4.78, 5) is 12.6. The number of nitrogens with one attached hydrogen (secondary N) is 1. The van der Waals surface area contributed by atoms with Crippen LogP contribution in [0.1, 0.15) is 28.8 Å². The van der Waals surface area contributed by atoms with E-state index in [2.05, 4.69) is 19.8 Å². The summed E-state index contributed by atoms with van der Waals surface area (Å²) in [5.74, 6) is -0.838. The first-order chi connectivity index (χ1) is 15.2. The van der Waals surface area contributed by atoms with E-state index in [1.807, 2.05) is 6.07 Å². The topological polar surface area (TPSA) is 88.5 Å². The number of rotatable bonds is 6. The zero-order valence-corrected chi connectivity index (χ0v) is 18.5. The third-order valence-electron chi connectivity index (χ3n) is 5.37. The highest BCUT2D eigenvalue weighted by Crippen LogP contribution is 3.02. The van der Waals surface area contributed by atoms with Gasteiger partial charge in [0, 0.05) is 24.7 Å². The number of anilines is 1. The van der Waals surface area contributed by atoms with Gasteiger partial charge in [-0.25, -0.2) is 4.68 Å². The van der Waals surface area contributed by atoms with Gasteiger partial charge in [-0.3, -0.25) is 10.2 Å². The number of aromatic nitrogens is 4. The second kappa shape index (κ2) is 6.92. The number of hydrogen-bond acceptors (Lipinski definition) is 6. The van der Waals surface area contributed by atoms with E-state index in [0.717, 1.165) is 43.8 Å². The molecule has 0 bridgehead atoms. The van der Waals surface area contributed by atoms with Gasteiger partial charge in [0.1, 0.15) is 23.0 Å². The molecule has 1 fully saturated rings. The van der Waals surface area contributed by atoms with Crippen LogP contribution in [0, 0.1) is 12.3 Å². The fraction of sp³-hybridized carbons (Fsp3) is 0.368. The molecule has 0 amide bonds. The average Bonchev–Trinajstić information content (AvgIpc) is 3.36. The second-order valence-electron chi connectivity index (χ2n) is 7.89. The fourth-order valence-electron chi connectivity index (χ4n) is 3.66. The number of carbonyl (C=O) groups excluding carboxylic acids is 1. The van der Waals surface area contributed by atoms with E-state index >= 15 is 0 Å². The van der Waals surface area contributed by atoms with Gasteiger partial charge in [0.15, 0.2) is 11.4 Å². The number of methoxy groups -OCH3 is 1. The van der Waals surface area contributed by atoms with Crippen molar-refractivity contribution in [2.24, 2.45) is 0 Å². The molecule has 1 aliphatic heterocycles. The van der Waals surface area contributed by atoms with E-state index in [1.165, 1.54) is 4.52 Å². The largest absolute Gasteiger partial charge is 0.497 e. The van der Waals surface area contributed by atoms with E-state index < -0.39 is 38.8 Å². The third-order valence-corrected chi connectivity index (χ3v) is 6.50. The number of fused-ring (bicyclic) bond motifs is 1. The normalized spacial score (nSPS) is 16.6. The molecule has 8 nitrogen and oxygen atoms in total. The van der Waals surface area contributed by atoms with Crippen LogP contribution in [0.3, 0.4) is 0 Å². The highest BCUT2D eigenvalue weighted by Gasteiger charge is 2.65. The van der Waals surface area contributed by atoms with Crippen molar-refractivity contribution in [3.8, 4) is 5.75 Å². The number of hydrogen-bond donors (Lipinski definition) is 1. The van der Waals surface area contributed by atoms with Crippen molar-refractivity contribution < 1.29 is 29.0 Å². The van der Waals surface area contributed by atoms with Crippen molar-refractivity contribution in [1.82, 2.24) is 19.4 Å². The molecule has 0 spiro atoms. The van der Waals surface area contributed by atoms with Crippen molar-refractivity contribution >= 4 is 27.5 Å². The Balaban J connectivity index is 1.72. The number of halogens is 5. The predicted molar refractivity (Wildman–Crippen MR) is 112 cm³/mol. The number of nitrogens with zero attached hydrogens (tertiary/aromatic N) is 5. The van der Waals surface area contributed by atoms with E-state index in [-0.39, 0.29) is 17.8 Å². The van der Waals surface area contributed by atoms with Gasteiger partial charge in [0.2, 0.25) is 5.62 Å². The van der Waals surface area contributed by atoms with Gasteiger partial charge in [-0.05, 0) is 43.5 Å². The molecule has 180 valence electrons. The first-order valence-corrected chi connectivity index (χ1v) is 11.8. The molecule has 0 aliphatic carbocycles. The minimum atomic E-state index is -10.0. The van der Waals surface area contributed by atoms with Gasteiger partial charge < -0.3 is 9.64 Å². The molecule has 1 N–H and O–H groups in total. The summed E-state index contributed by atoms with van der Waals surface area (Å²) < 4.78 is 73.5. The van der Waals surface area contributed by atoms with E-state index in [0.29, 0.717) is 17.0 Å². The van der Waals surface area contributed by atoms with Crippen LogP contribution in [0.15, 0.2) is 29.2 Å². The molecule has 0 radical (unpaired) electrons. The number of ether oxygens (including phenoxy) is 1. The Labute approximate surface area is 184 Å². The smallest absolute Gasteiger partial charge is 0.310 e. The Hall–Kier alpha value is -3.16. The van der Waals surface area contributed by atoms with Gasteiger partial charge in [0.25, 0.3) is 0 Å². The van der Waals surface area contributed by atoms with Crippen LogP contribution in [-0.4, -0.2) is 45.4 Å². The van der Waals surface area contributed by atoms with Crippen molar-refractivity contribution in [1.29, 1.82) is 5.41 Å². The predicted octanol–water partition coefficient (Wildman–Crippen LogP) is 4.47. The molecule has 33 heavy (non-hydrogen) atoms. The molecule has 1 saturated heterocycles. The Morgan fingerprint density at radius 2 is 1.76 bits per heavy atom. The Morgan fingerprint density at radius 3 is 2.36 bits per heavy atom. The van der Waals surface area contributed by atoms with E-state index in [4.69, 9.17) is 5.41 Å². The molecular weight excluding hydrogens is 471 g/mol. The minimum absolute atomic E-state index is 0.0986.